The second kappa shape index (κ2) is 13.4. The Kier molecular flexibility index (Phi) is 10.3. The number of carbonyl (C=O) groups excluding carboxylic acids is 1. The minimum Gasteiger partial charge on any atom is -0.443 e. The summed E-state index contributed by atoms with van der Waals surface area (Å²) in [4.78, 5) is 19.1. The van der Waals surface area contributed by atoms with E-state index in [0.29, 0.717) is 12.5 Å². The first kappa shape index (κ1) is 33.0. The highest BCUT2D eigenvalue weighted by Gasteiger charge is 2.64. The van der Waals surface area contributed by atoms with Crippen molar-refractivity contribution in [1.82, 2.24) is 4.90 Å². The Morgan fingerprint density at radius 1 is 1.00 bits per heavy atom. The number of halogens is 3. The van der Waals surface area contributed by atoms with Gasteiger partial charge in [0.1, 0.15) is 35.4 Å². The first-order valence-electron chi connectivity index (χ1n) is 13.8. The van der Waals surface area contributed by atoms with Crippen LogP contribution in [0.4, 0.5) is 18.0 Å². The molecule has 0 bridgehead atoms. The summed E-state index contributed by atoms with van der Waals surface area (Å²) in [6.07, 6.45) is -8.62. The molecule has 43 heavy (non-hydrogen) atoms. The number of aliphatic imine (C=N–C) groups is 1. The number of fused-ring (bicyclic) bond motifs is 1. The minimum absolute atomic E-state index is 0.0351. The number of alkyl halides is 3. The molecule has 4 rings (SSSR count). The van der Waals surface area contributed by atoms with Crippen molar-refractivity contribution in [2.75, 3.05) is 6.54 Å². The van der Waals surface area contributed by atoms with Crippen LogP contribution in [-0.4, -0.2) is 75.0 Å². The number of benzene rings is 2. The van der Waals surface area contributed by atoms with Crippen molar-refractivity contribution in [1.29, 1.82) is 0 Å². The van der Waals surface area contributed by atoms with E-state index in [4.69, 9.17) is 23.9 Å². The highest BCUT2D eigenvalue weighted by molar-refractivity contribution is 8.14. The second-order valence-electron chi connectivity index (χ2n) is 11.5. The van der Waals surface area contributed by atoms with Crippen LogP contribution in [0.25, 0.3) is 0 Å². The highest BCUT2D eigenvalue weighted by atomic mass is 32.2. The molecule has 1 N–H and O–H groups in total. The molecule has 0 spiro atoms. The highest BCUT2D eigenvalue weighted by Crippen LogP contribution is 2.46. The predicted molar refractivity (Wildman–Crippen MR) is 157 cm³/mol. The fraction of sp³-hybridized carbons (Fsp3) is 0.484. The quantitative estimate of drug-likeness (QED) is 0.339. The Balaban J connectivity index is 1.73. The molecule has 2 heterocycles. The summed E-state index contributed by atoms with van der Waals surface area (Å²) in [7, 11) is 0. The lowest BCUT2D eigenvalue weighted by Gasteiger charge is -2.47. The summed E-state index contributed by atoms with van der Waals surface area (Å²) < 4.78 is 66.9. The zero-order valence-corrected chi connectivity index (χ0v) is 25.3. The molecule has 0 radical (unpaired) electrons. The molecule has 6 unspecified atom stereocenters. The van der Waals surface area contributed by atoms with Crippen molar-refractivity contribution in [2.24, 2.45) is 4.99 Å². The minimum atomic E-state index is -5.05. The predicted octanol–water partition coefficient (Wildman–Crippen LogP) is 6.09. The van der Waals surface area contributed by atoms with Crippen molar-refractivity contribution in [3.8, 4) is 0 Å². The van der Waals surface area contributed by atoms with Gasteiger partial charge in [-0.05, 0) is 38.8 Å². The molecule has 0 saturated carbocycles. The van der Waals surface area contributed by atoms with E-state index in [0.717, 1.165) is 17.3 Å². The van der Waals surface area contributed by atoms with Gasteiger partial charge < -0.3 is 24.1 Å². The maximum atomic E-state index is 14.3. The number of hydrogen-bond donors (Lipinski definition) is 1. The second-order valence-corrected chi connectivity index (χ2v) is 12.6. The molecule has 8 nitrogen and oxygen atoms in total. The van der Waals surface area contributed by atoms with Crippen LogP contribution in [0.15, 0.2) is 78.3 Å². The van der Waals surface area contributed by atoms with Gasteiger partial charge in [-0.2, -0.15) is 13.2 Å². The molecule has 1 amide bonds. The Hall–Kier alpha value is -2.90. The number of nitrogens with zero attached hydrogens (tertiary/aromatic N) is 2. The van der Waals surface area contributed by atoms with E-state index in [1.165, 1.54) is 11.0 Å². The Morgan fingerprint density at radius 2 is 1.53 bits per heavy atom. The van der Waals surface area contributed by atoms with Crippen molar-refractivity contribution < 1.29 is 42.0 Å². The summed E-state index contributed by atoms with van der Waals surface area (Å²) in [6.45, 7) is 9.54. The normalized spacial score (nSPS) is 25.3. The van der Waals surface area contributed by atoms with Crippen molar-refractivity contribution in [3.63, 3.8) is 0 Å². The van der Waals surface area contributed by atoms with Crippen LogP contribution < -0.4 is 0 Å². The van der Waals surface area contributed by atoms with Crippen LogP contribution >= 0.6 is 11.8 Å². The van der Waals surface area contributed by atoms with Crippen LogP contribution in [0.1, 0.15) is 38.8 Å². The first-order chi connectivity index (χ1) is 20.2. The first-order valence-corrected chi connectivity index (χ1v) is 14.7. The molecule has 12 heteroatoms. The molecule has 6 atom stereocenters. The summed E-state index contributed by atoms with van der Waals surface area (Å²) in [5.74, 6) is 0. The maximum Gasteiger partial charge on any atom is 0.419 e. The summed E-state index contributed by atoms with van der Waals surface area (Å²) >= 11 is 0.960. The van der Waals surface area contributed by atoms with Crippen LogP contribution in [0.2, 0.25) is 0 Å². The van der Waals surface area contributed by atoms with Gasteiger partial charge in [0, 0.05) is 6.54 Å². The maximum absolute atomic E-state index is 14.3. The number of amidine groups is 1. The lowest BCUT2D eigenvalue weighted by atomic mass is 9.86. The van der Waals surface area contributed by atoms with Gasteiger partial charge in [-0.15, -0.1) is 6.58 Å². The van der Waals surface area contributed by atoms with Gasteiger partial charge in [-0.3, -0.25) is 9.89 Å². The number of thioether (sulfide) groups is 1. The van der Waals surface area contributed by atoms with Crippen molar-refractivity contribution in [3.05, 3.63) is 84.4 Å². The van der Waals surface area contributed by atoms with E-state index >= 15 is 0 Å². The third-order valence-electron chi connectivity index (χ3n) is 6.85. The number of amides is 1. The number of carbonyl (C=O) groups is 1. The zero-order valence-electron chi connectivity index (χ0n) is 24.5. The van der Waals surface area contributed by atoms with E-state index in [1.54, 1.807) is 45.0 Å². The molecule has 0 aromatic heterocycles. The van der Waals surface area contributed by atoms with Crippen molar-refractivity contribution >= 4 is 23.0 Å². The van der Waals surface area contributed by atoms with E-state index in [2.05, 4.69) is 6.58 Å². The number of ether oxygens (including phenoxy) is 4. The third-order valence-corrected chi connectivity index (χ3v) is 8.01. The van der Waals surface area contributed by atoms with Gasteiger partial charge in [0.25, 0.3) is 0 Å². The average molecular weight is 623 g/mol. The van der Waals surface area contributed by atoms with Gasteiger partial charge in [0.2, 0.25) is 0 Å². The Labute approximate surface area is 253 Å². The fourth-order valence-corrected chi connectivity index (χ4v) is 5.85. The molecular weight excluding hydrogens is 585 g/mol. The summed E-state index contributed by atoms with van der Waals surface area (Å²) in [5.41, 5.74) is -3.64. The summed E-state index contributed by atoms with van der Waals surface area (Å²) in [6, 6.07) is 17.2. The van der Waals surface area contributed by atoms with Crippen LogP contribution in [0.3, 0.4) is 0 Å². The topological polar surface area (TPSA) is 89.8 Å². The SMILES string of the molecule is C=CCN(C(=O)OC(C)(C)C)C1=NC2C(OC(C(C)(O)C(F)(F)F)C(OCc3ccccc3)C2OCc2ccccc2)S1. The lowest BCUT2D eigenvalue weighted by molar-refractivity contribution is -0.325. The number of aliphatic hydroxyl groups is 1. The molecule has 2 aliphatic rings. The van der Waals surface area contributed by atoms with E-state index in [-0.39, 0.29) is 24.9 Å². The molecule has 2 aliphatic heterocycles. The average Bonchev–Trinajstić information content (AvgIpc) is 3.36. The van der Waals surface area contributed by atoms with Crippen LogP contribution in [0, 0.1) is 0 Å². The van der Waals surface area contributed by atoms with E-state index in [9.17, 15) is 23.1 Å². The van der Waals surface area contributed by atoms with Crippen LogP contribution in [-0.2, 0) is 32.2 Å². The zero-order chi connectivity index (χ0) is 31.4. The number of rotatable bonds is 9. The smallest absolute Gasteiger partial charge is 0.419 e. The van der Waals surface area contributed by atoms with E-state index in [1.807, 2.05) is 36.4 Å². The Morgan fingerprint density at radius 3 is 2.02 bits per heavy atom. The van der Waals surface area contributed by atoms with Gasteiger partial charge in [0.05, 0.1) is 13.2 Å². The van der Waals surface area contributed by atoms with Crippen molar-refractivity contribution in [2.45, 2.75) is 88.1 Å². The van der Waals surface area contributed by atoms with Gasteiger partial charge >= 0.3 is 12.3 Å². The van der Waals surface area contributed by atoms with Gasteiger partial charge in [-0.25, -0.2) is 4.79 Å². The third kappa shape index (κ3) is 7.98. The number of hydrogen-bond acceptors (Lipinski definition) is 8. The monoisotopic (exact) mass is 622 g/mol. The largest absolute Gasteiger partial charge is 0.443 e. The standard InChI is InChI=1S/C31H37F3N2O6S/c1-6-17-36(28(37)42-29(2,3)4)27-35-22-23(39-18-20-13-9-7-10-14-20)24(40-19-21-15-11-8-12-16-21)25(41-26(22)43-27)30(5,38)31(32,33)34/h6-16,22-26,38H,1,17-19H2,2-5H3. The van der Waals surface area contributed by atoms with Crippen LogP contribution in [0.5, 0.6) is 0 Å². The molecular formula is C31H37F3N2O6S. The molecule has 1 saturated heterocycles. The molecule has 0 aliphatic carbocycles. The van der Waals surface area contributed by atoms with Gasteiger partial charge in [0.15, 0.2) is 10.8 Å². The fourth-order valence-electron chi connectivity index (χ4n) is 4.65. The van der Waals surface area contributed by atoms with Gasteiger partial charge in [-0.1, -0.05) is 78.5 Å². The Bertz CT molecular complexity index is 1270. The molecule has 1 fully saturated rings. The summed E-state index contributed by atoms with van der Waals surface area (Å²) in [5, 5.41) is 11.1. The molecule has 2 aromatic rings. The lowest BCUT2D eigenvalue weighted by Crippen LogP contribution is -2.67. The molecule has 2 aromatic carbocycles. The van der Waals surface area contributed by atoms with E-state index < -0.39 is 53.3 Å². The molecule has 234 valence electrons.